The van der Waals surface area contributed by atoms with Gasteiger partial charge in [0.1, 0.15) is 5.82 Å². The highest BCUT2D eigenvalue weighted by Crippen LogP contribution is 2.66. The van der Waals surface area contributed by atoms with Crippen molar-refractivity contribution in [2.24, 2.45) is 22.5 Å². The molecule has 2 N–H and O–H groups in total. The highest BCUT2D eigenvalue weighted by Gasteiger charge is 2.61. The number of hydrogen-bond donors (Lipinski definition) is 1. The van der Waals surface area contributed by atoms with Crippen molar-refractivity contribution in [2.75, 3.05) is 0 Å². The van der Waals surface area contributed by atoms with Gasteiger partial charge in [-0.2, -0.15) is 0 Å². The fourth-order valence-corrected chi connectivity index (χ4v) is 4.44. The second kappa shape index (κ2) is 5.06. The van der Waals surface area contributed by atoms with Crippen LogP contribution in [-0.2, 0) is 17.9 Å². The minimum Gasteiger partial charge on any atom is -0.373 e. The highest BCUT2D eigenvalue weighted by atomic mass is 19.1. The Hall–Kier alpha value is -0.930. The van der Waals surface area contributed by atoms with Gasteiger partial charge in [0.05, 0.1) is 12.7 Å². The zero-order valence-corrected chi connectivity index (χ0v) is 13.3. The maximum Gasteiger partial charge on any atom is 0.128 e. The second-order valence-corrected chi connectivity index (χ2v) is 7.54. The Bertz CT molecular complexity index is 542. The van der Waals surface area contributed by atoms with Crippen LogP contribution >= 0.6 is 0 Å². The van der Waals surface area contributed by atoms with E-state index in [1.54, 1.807) is 6.07 Å². The lowest BCUT2D eigenvalue weighted by atomic mass is 9.70. The number of fused-ring (bicyclic) bond motifs is 2. The molecule has 2 nitrogen and oxygen atoms in total. The minimum absolute atomic E-state index is 0.195. The zero-order chi connectivity index (χ0) is 15.3. The minimum atomic E-state index is -0.195. The van der Waals surface area contributed by atoms with E-state index in [-0.39, 0.29) is 17.3 Å². The van der Waals surface area contributed by atoms with Gasteiger partial charge in [-0.3, -0.25) is 0 Å². The topological polar surface area (TPSA) is 35.2 Å². The summed E-state index contributed by atoms with van der Waals surface area (Å²) in [5, 5.41) is 0. The molecule has 0 aromatic heterocycles. The van der Waals surface area contributed by atoms with Crippen LogP contribution in [0.3, 0.4) is 0 Å². The molecule has 3 atom stereocenters. The van der Waals surface area contributed by atoms with E-state index in [2.05, 4.69) is 20.8 Å². The van der Waals surface area contributed by atoms with Crippen LogP contribution in [0.25, 0.3) is 0 Å². The van der Waals surface area contributed by atoms with E-state index in [4.69, 9.17) is 10.5 Å². The summed E-state index contributed by atoms with van der Waals surface area (Å²) in [7, 11) is 0. The first-order valence-corrected chi connectivity index (χ1v) is 7.97. The van der Waals surface area contributed by atoms with Gasteiger partial charge in [-0.1, -0.05) is 26.8 Å². The van der Waals surface area contributed by atoms with Crippen molar-refractivity contribution in [3.63, 3.8) is 0 Å². The van der Waals surface area contributed by atoms with Crippen molar-refractivity contribution in [2.45, 2.75) is 59.3 Å². The molecule has 0 spiro atoms. The molecule has 21 heavy (non-hydrogen) atoms. The third kappa shape index (κ3) is 2.22. The lowest BCUT2D eigenvalue weighted by Crippen LogP contribution is -2.37. The van der Waals surface area contributed by atoms with Crippen LogP contribution in [0, 0.1) is 22.6 Å². The molecule has 3 heteroatoms. The van der Waals surface area contributed by atoms with Crippen LogP contribution in [0.5, 0.6) is 0 Å². The fourth-order valence-electron chi connectivity index (χ4n) is 4.44. The number of rotatable bonds is 4. The Morgan fingerprint density at radius 2 is 2.10 bits per heavy atom. The third-order valence-corrected chi connectivity index (χ3v) is 6.50. The third-order valence-electron chi connectivity index (χ3n) is 6.50. The Balaban J connectivity index is 1.72. The Morgan fingerprint density at radius 3 is 2.67 bits per heavy atom. The summed E-state index contributed by atoms with van der Waals surface area (Å²) in [5.41, 5.74) is 7.76. The molecule has 1 aromatic rings. The standard InChI is InChI=1S/C18H26FNO/c1-17(2)14-6-7-18(17,3)16(9-14)21-11-13-8-12(10-20)4-5-15(13)19/h4-5,8,14,16H,6-7,9-11,20H2,1-3H3. The van der Waals surface area contributed by atoms with E-state index >= 15 is 0 Å². The van der Waals surface area contributed by atoms with E-state index in [1.165, 1.54) is 18.9 Å². The van der Waals surface area contributed by atoms with E-state index < -0.39 is 0 Å². The first kappa shape index (κ1) is 15.0. The Morgan fingerprint density at radius 1 is 1.33 bits per heavy atom. The van der Waals surface area contributed by atoms with Crippen molar-refractivity contribution >= 4 is 0 Å². The summed E-state index contributed by atoms with van der Waals surface area (Å²) in [5.74, 6) is 0.549. The lowest BCUT2D eigenvalue weighted by molar-refractivity contribution is -0.0557. The molecular formula is C18H26FNO. The lowest BCUT2D eigenvalue weighted by Gasteiger charge is -2.39. The SMILES string of the molecule is CC1(C)C2CCC1(C)C(OCc1cc(CN)ccc1F)C2. The summed E-state index contributed by atoms with van der Waals surface area (Å²) >= 11 is 0. The largest absolute Gasteiger partial charge is 0.373 e. The Kier molecular flexibility index (Phi) is 3.61. The molecule has 0 saturated heterocycles. The number of hydrogen-bond acceptors (Lipinski definition) is 2. The first-order chi connectivity index (χ1) is 9.88. The van der Waals surface area contributed by atoms with E-state index in [9.17, 15) is 4.39 Å². The summed E-state index contributed by atoms with van der Waals surface area (Å²) in [6.45, 7) is 7.86. The number of halogens is 1. The van der Waals surface area contributed by atoms with Crippen LogP contribution in [-0.4, -0.2) is 6.10 Å². The summed E-state index contributed by atoms with van der Waals surface area (Å²) in [4.78, 5) is 0. The van der Waals surface area contributed by atoms with Gasteiger partial charge in [0.25, 0.3) is 0 Å². The van der Waals surface area contributed by atoms with E-state index in [0.29, 0.717) is 24.1 Å². The van der Waals surface area contributed by atoms with Crippen LogP contribution in [0.4, 0.5) is 4.39 Å². The maximum atomic E-state index is 13.9. The molecule has 0 aliphatic heterocycles. The van der Waals surface area contributed by atoms with Crippen LogP contribution in [0.15, 0.2) is 18.2 Å². The molecule has 2 bridgehead atoms. The molecule has 3 unspecified atom stereocenters. The van der Waals surface area contributed by atoms with Gasteiger partial charge >= 0.3 is 0 Å². The molecule has 0 amide bonds. The van der Waals surface area contributed by atoms with Crippen LogP contribution in [0.1, 0.15) is 51.2 Å². The van der Waals surface area contributed by atoms with Gasteiger partial charge < -0.3 is 10.5 Å². The normalized spacial score (nSPS) is 33.6. The quantitative estimate of drug-likeness (QED) is 0.909. The summed E-state index contributed by atoms with van der Waals surface area (Å²) < 4.78 is 20.1. The average molecular weight is 291 g/mol. The van der Waals surface area contributed by atoms with Gasteiger partial charge in [0, 0.05) is 12.1 Å². The van der Waals surface area contributed by atoms with Gasteiger partial charge in [-0.15, -0.1) is 0 Å². The first-order valence-electron chi connectivity index (χ1n) is 7.97. The average Bonchev–Trinajstić information content (AvgIpc) is 2.79. The molecule has 2 saturated carbocycles. The Labute approximate surface area is 126 Å². The van der Waals surface area contributed by atoms with Gasteiger partial charge in [0.2, 0.25) is 0 Å². The molecule has 1 aromatic carbocycles. The van der Waals surface area contributed by atoms with Crippen molar-refractivity contribution in [1.82, 2.24) is 0 Å². The molecule has 0 radical (unpaired) electrons. The number of benzene rings is 1. The van der Waals surface area contributed by atoms with Crippen molar-refractivity contribution in [3.05, 3.63) is 35.1 Å². The molecule has 3 rings (SSSR count). The van der Waals surface area contributed by atoms with Crippen LogP contribution < -0.4 is 5.73 Å². The van der Waals surface area contributed by atoms with Gasteiger partial charge in [-0.25, -0.2) is 4.39 Å². The van der Waals surface area contributed by atoms with Crippen molar-refractivity contribution < 1.29 is 9.13 Å². The van der Waals surface area contributed by atoms with Crippen molar-refractivity contribution in [3.8, 4) is 0 Å². The number of ether oxygens (including phenoxy) is 1. The fraction of sp³-hybridized carbons (Fsp3) is 0.667. The van der Waals surface area contributed by atoms with Gasteiger partial charge in [-0.05, 0) is 53.7 Å². The van der Waals surface area contributed by atoms with E-state index in [1.807, 2.05) is 6.07 Å². The summed E-state index contributed by atoms with van der Waals surface area (Å²) in [6.07, 6.45) is 3.88. The molecule has 2 aliphatic carbocycles. The zero-order valence-electron chi connectivity index (χ0n) is 13.3. The highest BCUT2D eigenvalue weighted by molar-refractivity contribution is 5.24. The molecule has 0 heterocycles. The molecule has 2 aliphatic rings. The monoisotopic (exact) mass is 291 g/mol. The maximum absolute atomic E-state index is 13.9. The molecular weight excluding hydrogens is 265 g/mol. The molecule has 2 fully saturated rings. The van der Waals surface area contributed by atoms with E-state index in [0.717, 1.165) is 17.9 Å². The van der Waals surface area contributed by atoms with Crippen molar-refractivity contribution in [1.29, 1.82) is 0 Å². The smallest absolute Gasteiger partial charge is 0.128 e. The van der Waals surface area contributed by atoms with Crippen LogP contribution in [0.2, 0.25) is 0 Å². The second-order valence-electron chi connectivity index (χ2n) is 7.54. The predicted molar refractivity (Wildman–Crippen MR) is 82.1 cm³/mol. The molecule has 116 valence electrons. The predicted octanol–water partition coefficient (Wildman–Crippen LogP) is 4.02. The van der Waals surface area contributed by atoms with Gasteiger partial charge in [0.15, 0.2) is 0 Å². The number of nitrogens with two attached hydrogens (primary N) is 1. The summed E-state index contributed by atoms with van der Waals surface area (Å²) in [6, 6.07) is 5.06.